The van der Waals surface area contributed by atoms with Gasteiger partial charge in [-0.25, -0.2) is 0 Å². The lowest BCUT2D eigenvalue weighted by atomic mass is 10.2. The fraction of sp³-hybridized carbons (Fsp3) is 0.667. The van der Waals surface area contributed by atoms with Crippen molar-refractivity contribution in [3.63, 3.8) is 0 Å². The predicted octanol–water partition coefficient (Wildman–Crippen LogP) is 1.11. The highest BCUT2D eigenvalue weighted by atomic mass is 15.3. The van der Waals surface area contributed by atoms with Crippen LogP contribution in [0.25, 0.3) is 0 Å². The van der Waals surface area contributed by atoms with Gasteiger partial charge >= 0.3 is 0 Å². The van der Waals surface area contributed by atoms with Gasteiger partial charge < -0.3 is 5.73 Å². The van der Waals surface area contributed by atoms with Gasteiger partial charge in [0.1, 0.15) is 0 Å². The molecule has 66 valence electrons. The quantitative estimate of drug-likeness (QED) is 0.729. The minimum absolute atomic E-state index is 0.393. The maximum absolute atomic E-state index is 5.74. The van der Waals surface area contributed by atoms with Crippen LogP contribution < -0.4 is 5.73 Å². The molecule has 1 saturated carbocycles. The van der Waals surface area contributed by atoms with Crippen molar-refractivity contribution in [3.05, 3.63) is 18.0 Å². The Bertz CT molecular complexity index is 266. The number of hydrogen-bond acceptors (Lipinski definition) is 2. The Morgan fingerprint density at radius 2 is 2.50 bits per heavy atom. The molecule has 2 rings (SSSR count). The molecule has 3 heteroatoms. The fourth-order valence-corrected chi connectivity index (χ4v) is 1.52. The first kappa shape index (κ1) is 7.80. The zero-order chi connectivity index (χ0) is 8.55. The lowest BCUT2D eigenvalue weighted by Crippen LogP contribution is -2.00. The molecule has 0 spiro atoms. The Hall–Kier alpha value is -0.830. The zero-order valence-electron chi connectivity index (χ0n) is 7.40. The Labute approximate surface area is 72.6 Å². The van der Waals surface area contributed by atoms with E-state index in [-0.39, 0.29) is 0 Å². The number of nitrogens with two attached hydrogens (primary N) is 1. The van der Waals surface area contributed by atoms with Gasteiger partial charge in [-0.1, -0.05) is 6.92 Å². The Balaban J connectivity index is 2.04. The van der Waals surface area contributed by atoms with Gasteiger partial charge in [-0.05, 0) is 18.4 Å². The molecule has 0 radical (unpaired) electrons. The molecule has 0 bridgehead atoms. The van der Waals surface area contributed by atoms with E-state index in [0.717, 1.165) is 19.4 Å². The number of hydrogen-bond donors (Lipinski definition) is 1. The van der Waals surface area contributed by atoms with Crippen molar-refractivity contribution in [2.75, 3.05) is 0 Å². The van der Waals surface area contributed by atoms with Gasteiger partial charge in [-0.15, -0.1) is 0 Å². The number of rotatable bonds is 3. The maximum atomic E-state index is 5.74. The lowest BCUT2D eigenvalue weighted by molar-refractivity contribution is 0.602. The molecule has 2 atom stereocenters. The molecule has 12 heavy (non-hydrogen) atoms. The highest BCUT2D eigenvalue weighted by Crippen LogP contribution is 2.38. The van der Waals surface area contributed by atoms with Gasteiger partial charge in [0.2, 0.25) is 0 Å². The third kappa shape index (κ3) is 1.37. The van der Waals surface area contributed by atoms with E-state index in [4.69, 9.17) is 5.73 Å². The van der Waals surface area contributed by atoms with E-state index in [2.05, 4.69) is 18.2 Å². The zero-order valence-corrected chi connectivity index (χ0v) is 7.40. The molecule has 0 unspecified atom stereocenters. The standard InChI is InChI=1S/C9H15N3/c1-2-3-12-6-7(5-11-12)8-4-9(8)10/h5-6,8-9H,2-4,10H2,1H3/t8-,9-/m0/s1. The van der Waals surface area contributed by atoms with Crippen molar-refractivity contribution in [3.8, 4) is 0 Å². The molecule has 1 aromatic rings. The summed E-state index contributed by atoms with van der Waals surface area (Å²) in [7, 11) is 0. The normalized spacial score (nSPS) is 27.5. The Kier molecular flexibility index (Phi) is 1.89. The fourth-order valence-electron chi connectivity index (χ4n) is 1.52. The van der Waals surface area contributed by atoms with Gasteiger partial charge in [-0.2, -0.15) is 5.10 Å². The molecule has 1 heterocycles. The van der Waals surface area contributed by atoms with E-state index < -0.39 is 0 Å². The number of aryl methyl sites for hydroxylation is 1. The highest BCUT2D eigenvalue weighted by molar-refractivity contribution is 5.22. The van der Waals surface area contributed by atoms with Crippen molar-refractivity contribution >= 4 is 0 Å². The molecule has 0 amide bonds. The molecule has 1 fully saturated rings. The van der Waals surface area contributed by atoms with Crippen molar-refractivity contribution in [2.24, 2.45) is 5.73 Å². The van der Waals surface area contributed by atoms with Crippen molar-refractivity contribution in [1.82, 2.24) is 9.78 Å². The molecule has 1 aromatic heterocycles. The van der Waals surface area contributed by atoms with Crippen molar-refractivity contribution < 1.29 is 0 Å². The van der Waals surface area contributed by atoms with E-state index in [1.807, 2.05) is 10.9 Å². The average molecular weight is 165 g/mol. The van der Waals surface area contributed by atoms with Gasteiger partial charge in [0.05, 0.1) is 6.20 Å². The highest BCUT2D eigenvalue weighted by Gasteiger charge is 2.35. The molecule has 0 aromatic carbocycles. The molecule has 2 N–H and O–H groups in total. The summed E-state index contributed by atoms with van der Waals surface area (Å²) in [6, 6.07) is 0.393. The predicted molar refractivity (Wildman–Crippen MR) is 47.9 cm³/mol. The van der Waals surface area contributed by atoms with Gasteiger partial charge in [-0.3, -0.25) is 4.68 Å². The first-order valence-electron chi connectivity index (χ1n) is 4.59. The SMILES string of the molecule is CCCn1cc([C@@H]2C[C@@H]2N)cn1. The van der Waals surface area contributed by atoms with E-state index in [9.17, 15) is 0 Å². The minimum atomic E-state index is 0.393. The third-order valence-corrected chi connectivity index (χ3v) is 2.37. The molecule has 0 aliphatic heterocycles. The summed E-state index contributed by atoms with van der Waals surface area (Å²) in [5.41, 5.74) is 7.06. The molecule has 3 nitrogen and oxygen atoms in total. The van der Waals surface area contributed by atoms with Crippen LogP contribution in [-0.4, -0.2) is 15.8 Å². The molecular weight excluding hydrogens is 150 g/mol. The molecular formula is C9H15N3. The van der Waals surface area contributed by atoms with Crippen LogP contribution in [0.3, 0.4) is 0 Å². The van der Waals surface area contributed by atoms with Crippen LogP contribution in [0.5, 0.6) is 0 Å². The van der Waals surface area contributed by atoms with Crippen LogP contribution in [0.15, 0.2) is 12.4 Å². The van der Waals surface area contributed by atoms with E-state index in [0.29, 0.717) is 12.0 Å². The summed E-state index contributed by atoms with van der Waals surface area (Å²) >= 11 is 0. The van der Waals surface area contributed by atoms with E-state index in [1.165, 1.54) is 5.56 Å². The second-order valence-corrected chi connectivity index (χ2v) is 3.54. The summed E-state index contributed by atoms with van der Waals surface area (Å²) in [4.78, 5) is 0. The average Bonchev–Trinajstić information content (AvgIpc) is 2.62. The van der Waals surface area contributed by atoms with Crippen molar-refractivity contribution in [2.45, 2.75) is 38.3 Å². The number of aromatic nitrogens is 2. The van der Waals surface area contributed by atoms with Gasteiger partial charge in [0, 0.05) is 24.7 Å². The van der Waals surface area contributed by atoms with Gasteiger partial charge in [0.25, 0.3) is 0 Å². The second-order valence-electron chi connectivity index (χ2n) is 3.54. The molecule has 0 saturated heterocycles. The van der Waals surface area contributed by atoms with Gasteiger partial charge in [0.15, 0.2) is 0 Å². The third-order valence-electron chi connectivity index (χ3n) is 2.37. The van der Waals surface area contributed by atoms with E-state index >= 15 is 0 Å². The summed E-state index contributed by atoms with van der Waals surface area (Å²) in [6.45, 7) is 3.17. The Morgan fingerprint density at radius 1 is 1.75 bits per heavy atom. The van der Waals surface area contributed by atoms with Crippen LogP contribution in [0.2, 0.25) is 0 Å². The van der Waals surface area contributed by atoms with Crippen LogP contribution in [0.4, 0.5) is 0 Å². The van der Waals surface area contributed by atoms with Crippen LogP contribution in [0.1, 0.15) is 31.2 Å². The lowest BCUT2D eigenvalue weighted by Gasteiger charge is -1.94. The summed E-state index contributed by atoms with van der Waals surface area (Å²) < 4.78 is 2.00. The summed E-state index contributed by atoms with van der Waals surface area (Å²) in [5, 5.41) is 4.26. The molecule has 1 aliphatic carbocycles. The largest absolute Gasteiger partial charge is 0.327 e. The van der Waals surface area contributed by atoms with Crippen molar-refractivity contribution in [1.29, 1.82) is 0 Å². The second kappa shape index (κ2) is 2.90. The first-order valence-corrected chi connectivity index (χ1v) is 4.59. The Morgan fingerprint density at radius 3 is 3.08 bits per heavy atom. The smallest absolute Gasteiger partial charge is 0.0525 e. The maximum Gasteiger partial charge on any atom is 0.0525 e. The van der Waals surface area contributed by atoms with Crippen LogP contribution >= 0.6 is 0 Å². The topological polar surface area (TPSA) is 43.8 Å². The number of nitrogens with zero attached hydrogens (tertiary/aromatic N) is 2. The van der Waals surface area contributed by atoms with Crippen LogP contribution in [0, 0.1) is 0 Å². The van der Waals surface area contributed by atoms with Crippen LogP contribution in [-0.2, 0) is 6.54 Å². The monoisotopic (exact) mass is 165 g/mol. The minimum Gasteiger partial charge on any atom is -0.327 e. The first-order chi connectivity index (χ1) is 5.81. The summed E-state index contributed by atoms with van der Waals surface area (Å²) in [6.07, 6.45) is 6.35. The molecule has 1 aliphatic rings. The van der Waals surface area contributed by atoms with E-state index in [1.54, 1.807) is 0 Å². The summed E-state index contributed by atoms with van der Waals surface area (Å²) in [5.74, 6) is 0.593.